The van der Waals surface area contributed by atoms with Gasteiger partial charge in [-0.1, -0.05) is 36.4 Å². The molecule has 0 aliphatic carbocycles. The number of fused-ring (bicyclic) bond motifs is 3. The van der Waals surface area contributed by atoms with Gasteiger partial charge in [0.25, 0.3) is 10.0 Å². The minimum Gasteiger partial charge on any atom is -0.368 e. The number of nitrogens with one attached hydrogen (secondary N) is 2. The molecule has 5 aromatic rings. The quantitative estimate of drug-likeness (QED) is 0.362. The molecular formula is C22H19N7O2S2. The van der Waals surface area contributed by atoms with Gasteiger partial charge in [-0.3, -0.25) is 9.40 Å². The summed E-state index contributed by atoms with van der Waals surface area (Å²) in [6.07, 6.45) is 2.26. The highest BCUT2D eigenvalue weighted by Gasteiger charge is 2.35. The Morgan fingerprint density at radius 3 is 2.82 bits per heavy atom. The Morgan fingerprint density at radius 2 is 1.91 bits per heavy atom. The van der Waals surface area contributed by atoms with Crippen LogP contribution in [0.4, 0.5) is 17.5 Å². The molecule has 9 nitrogen and oxygen atoms in total. The zero-order valence-corrected chi connectivity index (χ0v) is 18.9. The van der Waals surface area contributed by atoms with Crippen LogP contribution in [0.3, 0.4) is 0 Å². The molecule has 0 spiro atoms. The molecule has 4 N–H and O–H groups in total. The molecule has 1 atom stereocenters. The molecule has 1 aliphatic heterocycles. The third kappa shape index (κ3) is 3.28. The molecule has 0 fully saturated rings. The third-order valence-electron chi connectivity index (χ3n) is 5.79. The van der Waals surface area contributed by atoms with Crippen molar-refractivity contribution in [1.82, 2.24) is 20.2 Å². The fourth-order valence-electron chi connectivity index (χ4n) is 4.31. The fraction of sp³-hybridized carbons (Fsp3) is 0.136. The van der Waals surface area contributed by atoms with Crippen LogP contribution in [0, 0.1) is 0 Å². The Bertz CT molecular complexity index is 1610. The lowest BCUT2D eigenvalue weighted by Gasteiger charge is -2.35. The monoisotopic (exact) mass is 477 g/mol. The molecular weight excluding hydrogens is 458 g/mol. The lowest BCUT2D eigenvalue weighted by atomic mass is 9.99. The molecule has 0 saturated heterocycles. The Hall–Kier alpha value is -3.70. The molecule has 6 rings (SSSR count). The van der Waals surface area contributed by atoms with Crippen molar-refractivity contribution < 1.29 is 8.42 Å². The largest absolute Gasteiger partial charge is 0.368 e. The SMILES string of the molecule is Nc1nc(NC2Cc3ccccc3N(S(=O)(=O)c3csc4ccccc34)C2)c2cn[nH]c2n1. The Labute approximate surface area is 193 Å². The van der Waals surface area contributed by atoms with Crippen LogP contribution < -0.4 is 15.4 Å². The van der Waals surface area contributed by atoms with Crippen molar-refractivity contribution in [3.63, 3.8) is 0 Å². The van der Waals surface area contributed by atoms with Gasteiger partial charge in [-0.15, -0.1) is 11.3 Å². The average molecular weight is 478 g/mol. The minimum absolute atomic E-state index is 0.111. The number of hydrogen-bond acceptors (Lipinski definition) is 8. The van der Waals surface area contributed by atoms with E-state index in [1.165, 1.54) is 15.6 Å². The fourth-order valence-corrected chi connectivity index (χ4v) is 7.33. The maximum Gasteiger partial charge on any atom is 0.265 e. The van der Waals surface area contributed by atoms with Crippen molar-refractivity contribution in [1.29, 1.82) is 0 Å². The van der Waals surface area contributed by atoms with Crippen molar-refractivity contribution in [3.8, 4) is 0 Å². The highest BCUT2D eigenvalue weighted by molar-refractivity contribution is 7.93. The van der Waals surface area contributed by atoms with Crippen molar-refractivity contribution in [3.05, 3.63) is 65.7 Å². The molecule has 2 aromatic carbocycles. The number of nitrogens with two attached hydrogens (primary N) is 1. The standard InChI is InChI=1S/C22H19N7O2S2/c23-22-26-20(16-10-24-28-21(16)27-22)25-14-9-13-5-1-3-7-17(13)29(11-14)33(30,31)19-12-32-18-8-4-2-6-15(18)19/h1-8,10,12,14H,9,11H2,(H4,23,24,25,26,27,28). The molecule has 0 amide bonds. The van der Waals surface area contributed by atoms with E-state index in [-0.39, 0.29) is 18.5 Å². The Balaban J connectivity index is 1.42. The number of para-hydroxylation sites is 1. The van der Waals surface area contributed by atoms with Gasteiger partial charge in [-0.2, -0.15) is 15.1 Å². The summed E-state index contributed by atoms with van der Waals surface area (Å²) in [4.78, 5) is 8.80. The number of nitrogen functional groups attached to an aromatic ring is 1. The lowest BCUT2D eigenvalue weighted by molar-refractivity contribution is 0.582. The van der Waals surface area contributed by atoms with E-state index < -0.39 is 10.0 Å². The van der Waals surface area contributed by atoms with Gasteiger partial charge in [-0.05, 0) is 24.1 Å². The highest BCUT2D eigenvalue weighted by Crippen LogP contribution is 2.37. The van der Waals surface area contributed by atoms with E-state index in [0.29, 0.717) is 33.9 Å². The van der Waals surface area contributed by atoms with Crippen LogP contribution in [-0.4, -0.2) is 41.2 Å². The normalized spacial score (nSPS) is 16.2. The first kappa shape index (κ1) is 19.9. The molecule has 166 valence electrons. The number of nitrogens with zero attached hydrogens (tertiary/aromatic N) is 4. The molecule has 0 bridgehead atoms. The van der Waals surface area contributed by atoms with Crippen LogP contribution in [0.25, 0.3) is 21.1 Å². The maximum atomic E-state index is 13.9. The topological polar surface area (TPSA) is 130 Å². The van der Waals surface area contributed by atoms with E-state index >= 15 is 0 Å². The number of anilines is 3. The van der Waals surface area contributed by atoms with Gasteiger partial charge < -0.3 is 11.1 Å². The maximum absolute atomic E-state index is 13.9. The summed E-state index contributed by atoms with van der Waals surface area (Å²) >= 11 is 1.43. The van der Waals surface area contributed by atoms with Gasteiger partial charge in [0.2, 0.25) is 5.95 Å². The smallest absolute Gasteiger partial charge is 0.265 e. The molecule has 33 heavy (non-hydrogen) atoms. The molecule has 11 heteroatoms. The van der Waals surface area contributed by atoms with Gasteiger partial charge in [0, 0.05) is 15.5 Å². The van der Waals surface area contributed by atoms with Crippen molar-refractivity contribution >= 4 is 59.9 Å². The highest BCUT2D eigenvalue weighted by atomic mass is 32.2. The van der Waals surface area contributed by atoms with E-state index in [4.69, 9.17) is 5.73 Å². The predicted octanol–water partition coefficient (Wildman–Crippen LogP) is 3.38. The number of H-pyrrole nitrogens is 1. The van der Waals surface area contributed by atoms with Crippen LogP contribution in [0.5, 0.6) is 0 Å². The number of sulfonamides is 1. The van der Waals surface area contributed by atoms with Crippen LogP contribution in [0.2, 0.25) is 0 Å². The van der Waals surface area contributed by atoms with Crippen LogP contribution in [0.1, 0.15) is 5.56 Å². The van der Waals surface area contributed by atoms with E-state index in [0.717, 1.165) is 15.6 Å². The molecule has 1 aliphatic rings. The first-order valence-corrected chi connectivity index (χ1v) is 12.6. The van der Waals surface area contributed by atoms with Gasteiger partial charge in [0.1, 0.15) is 10.7 Å². The number of aromatic amines is 1. The summed E-state index contributed by atoms with van der Waals surface area (Å²) in [6.45, 7) is 0.243. The molecule has 4 heterocycles. The molecule has 0 radical (unpaired) electrons. The Morgan fingerprint density at radius 1 is 1.09 bits per heavy atom. The van der Waals surface area contributed by atoms with Gasteiger partial charge in [0.15, 0.2) is 5.65 Å². The predicted molar refractivity (Wildman–Crippen MR) is 130 cm³/mol. The van der Waals surface area contributed by atoms with Crippen LogP contribution in [-0.2, 0) is 16.4 Å². The second-order valence-corrected chi connectivity index (χ2v) is 10.6. The zero-order chi connectivity index (χ0) is 22.6. The number of rotatable bonds is 4. The molecule has 3 aromatic heterocycles. The van der Waals surface area contributed by atoms with Gasteiger partial charge in [-0.25, -0.2) is 8.42 Å². The van der Waals surface area contributed by atoms with Crippen molar-refractivity contribution in [2.24, 2.45) is 0 Å². The number of benzene rings is 2. The second-order valence-electron chi connectivity index (χ2n) is 7.87. The summed E-state index contributed by atoms with van der Waals surface area (Å²) in [5, 5.41) is 13.4. The van der Waals surface area contributed by atoms with Gasteiger partial charge >= 0.3 is 0 Å². The second kappa shape index (κ2) is 7.42. The van der Waals surface area contributed by atoms with Crippen LogP contribution in [0.15, 0.2) is 65.0 Å². The number of thiophene rings is 1. The van der Waals surface area contributed by atoms with E-state index in [1.807, 2.05) is 48.5 Å². The first-order valence-electron chi connectivity index (χ1n) is 10.3. The minimum atomic E-state index is -3.80. The summed E-state index contributed by atoms with van der Waals surface area (Å²) in [7, 11) is -3.80. The van der Waals surface area contributed by atoms with Crippen LogP contribution >= 0.6 is 11.3 Å². The molecule has 1 unspecified atom stereocenters. The average Bonchev–Trinajstić information content (AvgIpc) is 3.46. The number of aromatic nitrogens is 4. The Kier molecular flexibility index (Phi) is 4.49. The van der Waals surface area contributed by atoms with E-state index in [1.54, 1.807) is 11.6 Å². The number of hydrogen-bond donors (Lipinski definition) is 3. The molecule has 0 saturated carbocycles. The lowest BCUT2D eigenvalue weighted by Crippen LogP contribution is -2.45. The third-order valence-corrected chi connectivity index (χ3v) is 8.73. The van der Waals surface area contributed by atoms with Crippen molar-refractivity contribution in [2.75, 3.05) is 21.9 Å². The van der Waals surface area contributed by atoms with E-state index in [9.17, 15) is 8.42 Å². The first-order chi connectivity index (χ1) is 16.0. The van der Waals surface area contributed by atoms with E-state index in [2.05, 4.69) is 25.5 Å². The summed E-state index contributed by atoms with van der Waals surface area (Å²) < 4.78 is 30.2. The summed E-state index contributed by atoms with van der Waals surface area (Å²) in [5.41, 5.74) is 8.02. The zero-order valence-electron chi connectivity index (χ0n) is 17.3. The summed E-state index contributed by atoms with van der Waals surface area (Å²) in [5.74, 6) is 0.633. The summed E-state index contributed by atoms with van der Waals surface area (Å²) in [6, 6.07) is 14.9. The van der Waals surface area contributed by atoms with Gasteiger partial charge in [0.05, 0.1) is 29.9 Å². The van der Waals surface area contributed by atoms with Crippen molar-refractivity contribution in [2.45, 2.75) is 17.4 Å².